The fourth-order valence-corrected chi connectivity index (χ4v) is 4.26. The number of nitrogens with zero attached hydrogens (tertiary/aromatic N) is 2. The van der Waals surface area contributed by atoms with E-state index in [1.165, 1.54) is 0 Å². The van der Waals surface area contributed by atoms with E-state index in [-0.39, 0.29) is 24.2 Å². The first-order valence-electron chi connectivity index (χ1n) is 12.4. The van der Waals surface area contributed by atoms with Gasteiger partial charge in [0.05, 0.1) is 12.2 Å². The number of ether oxygens (including phenoxy) is 1. The summed E-state index contributed by atoms with van der Waals surface area (Å²) in [5.74, 6) is 0.236. The van der Waals surface area contributed by atoms with E-state index in [9.17, 15) is 14.4 Å². The standard InChI is InChI=1S/C29H32N4O4/c1-19(2)15-25-28(35)32-26(29(36)33(3)18-22-8-4-5-14-30-22)16-20-10-12-23(13-11-20)37-24-9-6-7-21(17-24)27(34)31-25/h4-14,17,19,25-26H,15-16,18H2,1-3H3,(H,31,34)(H,32,35)/t25-,26-/m0/s1. The van der Waals surface area contributed by atoms with Gasteiger partial charge >= 0.3 is 0 Å². The summed E-state index contributed by atoms with van der Waals surface area (Å²) in [6.07, 6.45) is 2.39. The van der Waals surface area contributed by atoms with Crippen LogP contribution in [0.2, 0.25) is 0 Å². The molecule has 2 atom stereocenters. The Kier molecular flexibility index (Phi) is 8.18. The zero-order valence-electron chi connectivity index (χ0n) is 21.3. The third kappa shape index (κ3) is 6.94. The second kappa shape index (κ2) is 11.7. The zero-order valence-corrected chi connectivity index (χ0v) is 21.3. The minimum absolute atomic E-state index is 0.140. The molecule has 8 heteroatoms. The molecule has 3 heterocycles. The number of hydrogen-bond donors (Lipinski definition) is 2. The van der Waals surface area contributed by atoms with Crippen molar-refractivity contribution in [2.45, 2.75) is 45.3 Å². The van der Waals surface area contributed by atoms with Crippen molar-refractivity contribution in [1.82, 2.24) is 20.5 Å². The van der Waals surface area contributed by atoms with Gasteiger partial charge in [-0.15, -0.1) is 0 Å². The van der Waals surface area contributed by atoms with Crippen LogP contribution in [-0.2, 0) is 22.6 Å². The maximum atomic E-state index is 13.5. The first-order valence-corrected chi connectivity index (χ1v) is 12.4. The molecule has 2 aromatic carbocycles. The highest BCUT2D eigenvalue weighted by molar-refractivity contribution is 5.98. The molecule has 2 aliphatic rings. The maximum absolute atomic E-state index is 13.5. The maximum Gasteiger partial charge on any atom is 0.252 e. The molecule has 0 saturated heterocycles. The average Bonchev–Trinajstić information content (AvgIpc) is 2.88. The van der Waals surface area contributed by atoms with Gasteiger partial charge in [0.25, 0.3) is 5.91 Å². The lowest BCUT2D eigenvalue weighted by Gasteiger charge is -2.27. The van der Waals surface area contributed by atoms with Crippen molar-refractivity contribution in [3.05, 3.63) is 89.7 Å². The average molecular weight is 501 g/mol. The topological polar surface area (TPSA) is 101 Å². The van der Waals surface area contributed by atoms with Gasteiger partial charge < -0.3 is 20.3 Å². The summed E-state index contributed by atoms with van der Waals surface area (Å²) in [6, 6.07) is 18.1. The van der Waals surface area contributed by atoms with Gasteiger partial charge in [-0.1, -0.05) is 38.1 Å². The van der Waals surface area contributed by atoms with Crippen LogP contribution in [0.1, 0.15) is 41.9 Å². The number of benzene rings is 2. The van der Waals surface area contributed by atoms with E-state index >= 15 is 0 Å². The number of carbonyl (C=O) groups excluding carboxylic acids is 3. The fourth-order valence-electron chi connectivity index (χ4n) is 4.26. The first-order chi connectivity index (χ1) is 17.8. The van der Waals surface area contributed by atoms with Crippen molar-refractivity contribution in [2.24, 2.45) is 5.92 Å². The van der Waals surface area contributed by atoms with Crippen LogP contribution in [0.15, 0.2) is 72.9 Å². The van der Waals surface area contributed by atoms with Gasteiger partial charge in [-0.2, -0.15) is 0 Å². The number of pyridine rings is 1. The number of fused-ring (bicyclic) bond motifs is 8. The molecule has 3 amide bonds. The van der Waals surface area contributed by atoms with Crippen LogP contribution >= 0.6 is 0 Å². The molecule has 5 rings (SSSR count). The SMILES string of the molecule is CC(C)C[C@@H]1NC(=O)c2cccc(c2)Oc2ccc(cc2)C[C@@H](C(=O)N(C)Cc2ccccn2)NC1=O. The summed E-state index contributed by atoms with van der Waals surface area (Å²) in [4.78, 5) is 45.9. The van der Waals surface area contributed by atoms with Crippen molar-refractivity contribution in [1.29, 1.82) is 0 Å². The predicted octanol–water partition coefficient (Wildman–Crippen LogP) is 3.72. The number of rotatable bonds is 5. The van der Waals surface area contributed by atoms with Crippen LogP contribution in [0.3, 0.4) is 0 Å². The Labute approximate surface area is 217 Å². The van der Waals surface area contributed by atoms with E-state index in [1.54, 1.807) is 42.4 Å². The highest BCUT2D eigenvalue weighted by Gasteiger charge is 2.30. The number of amides is 3. The largest absolute Gasteiger partial charge is 0.457 e. The van der Waals surface area contributed by atoms with Crippen molar-refractivity contribution >= 4 is 17.7 Å². The number of carbonyl (C=O) groups is 3. The Balaban J connectivity index is 1.65. The van der Waals surface area contributed by atoms with Gasteiger partial charge in [0.1, 0.15) is 23.6 Å². The molecule has 0 fully saturated rings. The highest BCUT2D eigenvalue weighted by atomic mass is 16.5. The molecule has 8 nitrogen and oxygen atoms in total. The molecule has 2 aliphatic heterocycles. The third-order valence-electron chi connectivity index (χ3n) is 6.14. The smallest absolute Gasteiger partial charge is 0.252 e. The molecular weight excluding hydrogens is 468 g/mol. The van der Waals surface area contributed by atoms with E-state index in [4.69, 9.17) is 4.74 Å². The Morgan fingerprint density at radius 3 is 2.51 bits per heavy atom. The van der Waals surface area contributed by atoms with Gasteiger partial charge in [0, 0.05) is 25.2 Å². The van der Waals surface area contributed by atoms with Crippen molar-refractivity contribution in [2.75, 3.05) is 7.05 Å². The van der Waals surface area contributed by atoms with E-state index in [0.29, 0.717) is 30.0 Å². The van der Waals surface area contributed by atoms with Crippen LogP contribution in [0.5, 0.6) is 11.5 Å². The number of nitrogens with one attached hydrogen (secondary N) is 2. The molecule has 3 aromatic rings. The molecule has 0 radical (unpaired) electrons. The molecule has 2 N–H and O–H groups in total. The number of aromatic nitrogens is 1. The molecule has 192 valence electrons. The predicted molar refractivity (Wildman–Crippen MR) is 140 cm³/mol. The first kappa shape index (κ1) is 25.9. The molecule has 0 saturated carbocycles. The van der Waals surface area contributed by atoms with Gasteiger partial charge in [0.2, 0.25) is 11.8 Å². The Morgan fingerprint density at radius 2 is 1.81 bits per heavy atom. The van der Waals surface area contributed by atoms with Gasteiger partial charge in [-0.3, -0.25) is 19.4 Å². The minimum atomic E-state index is -0.828. The van der Waals surface area contributed by atoms with Crippen LogP contribution in [-0.4, -0.2) is 46.7 Å². The summed E-state index contributed by atoms with van der Waals surface area (Å²) in [7, 11) is 1.69. The van der Waals surface area contributed by atoms with E-state index in [0.717, 1.165) is 11.3 Å². The Morgan fingerprint density at radius 1 is 1.03 bits per heavy atom. The molecular formula is C29H32N4O4. The summed E-state index contributed by atoms with van der Waals surface area (Å²) in [5.41, 5.74) is 1.99. The highest BCUT2D eigenvalue weighted by Crippen LogP contribution is 2.24. The van der Waals surface area contributed by atoms with Crippen LogP contribution in [0.25, 0.3) is 0 Å². The summed E-state index contributed by atoms with van der Waals surface area (Å²) >= 11 is 0. The van der Waals surface area contributed by atoms with Crippen molar-refractivity contribution in [3.63, 3.8) is 0 Å². The second-order valence-corrected chi connectivity index (χ2v) is 9.71. The zero-order chi connectivity index (χ0) is 26.4. The quantitative estimate of drug-likeness (QED) is 0.556. The lowest BCUT2D eigenvalue weighted by Crippen LogP contribution is -2.54. The normalized spacial score (nSPS) is 17.7. The lowest BCUT2D eigenvalue weighted by molar-refractivity contribution is -0.136. The number of likely N-dealkylation sites (N-methyl/N-ethyl adjacent to an activating group) is 1. The van der Waals surface area contributed by atoms with Crippen LogP contribution in [0, 0.1) is 5.92 Å². The third-order valence-corrected chi connectivity index (χ3v) is 6.14. The van der Waals surface area contributed by atoms with Gasteiger partial charge in [-0.05, 0) is 60.4 Å². The molecule has 4 bridgehead atoms. The van der Waals surface area contributed by atoms with Crippen LogP contribution in [0.4, 0.5) is 0 Å². The summed E-state index contributed by atoms with van der Waals surface area (Å²) in [5, 5.41) is 5.78. The Hall–Kier alpha value is -4.20. The van der Waals surface area contributed by atoms with E-state index in [1.807, 2.05) is 56.3 Å². The Bertz CT molecular complexity index is 1240. The van der Waals surface area contributed by atoms with Gasteiger partial charge in [0.15, 0.2) is 0 Å². The molecule has 0 unspecified atom stereocenters. The van der Waals surface area contributed by atoms with E-state index in [2.05, 4.69) is 15.6 Å². The van der Waals surface area contributed by atoms with Crippen molar-refractivity contribution < 1.29 is 19.1 Å². The molecule has 37 heavy (non-hydrogen) atoms. The molecule has 0 spiro atoms. The molecule has 1 aromatic heterocycles. The minimum Gasteiger partial charge on any atom is -0.457 e. The molecule has 0 aliphatic carbocycles. The monoisotopic (exact) mass is 500 g/mol. The summed E-state index contributed by atoms with van der Waals surface area (Å²) < 4.78 is 5.94. The number of hydrogen-bond acceptors (Lipinski definition) is 5. The second-order valence-electron chi connectivity index (χ2n) is 9.71. The van der Waals surface area contributed by atoms with Crippen molar-refractivity contribution in [3.8, 4) is 11.5 Å². The summed E-state index contributed by atoms with van der Waals surface area (Å²) in [6.45, 7) is 4.27. The van der Waals surface area contributed by atoms with Crippen LogP contribution < -0.4 is 15.4 Å². The fraction of sp³-hybridized carbons (Fsp3) is 0.310. The van der Waals surface area contributed by atoms with E-state index < -0.39 is 18.0 Å². The van der Waals surface area contributed by atoms with Gasteiger partial charge in [-0.25, -0.2) is 0 Å². The lowest BCUT2D eigenvalue weighted by atomic mass is 10.0.